The minimum absolute atomic E-state index is 0. The van der Waals surface area contributed by atoms with Gasteiger partial charge in [-0.25, -0.2) is 24.3 Å². The Balaban J connectivity index is 0.000000246. The van der Waals surface area contributed by atoms with Gasteiger partial charge in [-0.15, -0.1) is 6.42 Å². The van der Waals surface area contributed by atoms with E-state index in [2.05, 4.69) is 18.2 Å². The van der Waals surface area contributed by atoms with Crippen LogP contribution in [0.4, 0.5) is 0 Å². The van der Waals surface area contributed by atoms with Crippen molar-refractivity contribution in [3.8, 4) is 0 Å². The molecule has 1 atom stereocenters. The zero-order chi connectivity index (χ0) is 9.52. The largest absolute Gasteiger partial charge is 2.00 e. The van der Waals surface area contributed by atoms with E-state index in [4.69, 9.17) is 5.11 Å². The van der Waals surface area contributed by atoms with Gasteiger partial charge >= 0.3 is 17.1 Å². The van der Waals surface area contributed by atoms with Crippen molar-refractivity contribution in [2.24, 2.45) is 5.92 Å². The van der Waals surface area contributed by atoms with Gasteiger partial charge in [0.2, 0.25) is 0 Å². The molecule has 0 saturated carbocycles. The van der Waals surface area contributed by atoms with Crippen molar-refractivity contribution in [3.05, 3.63) is 48.6 Å². The van der Waals surface area contributed by atoms with Crippen LogP contribution >= 0.6 is 0 Å². The van der Waals surface area contributed by atoms with Crippen LogP contribution in [0.25, 0.3) is 0 Å². The quantitative estimate of drug-likeness (QED) is 0.551. The number of carboxylic acid groups (broad SMARTS) is 1. The summed E-state index contributed by atoms with van der Waals surface area (Å²) in [7, 11) is 0. The van der Waals surface area contributed by atoms with Crippen LogP contribution in [-0.4, -0.2) is 11.1 Å². The van der Waals surface area contributed by atoms with Gasteiger partial charge in [0.1, 0.15) is 0 Å². The first kappa shape index (κ1) is 12.9. The maximum Gasteiger partial charge on any atom is 2.00 e. The fourth-order valence-corrected chi connectivity index (χ4v) is 0.875. The van der Waals surface area contributed by atoms with Gasteiger partial charge in [0, 0.05) is 5.92 Å². The summed E-state index contributed by atoms with van der Waals surface area (Å²) >= 11 is 0. The molecule has 2 aliphatic carbocycles. The van der Waals surface area contributed by atoms with E-state index in [0.717, 1.165) is 6.42 Å². The molecule has 0 aliphatic heterocycles. The number of allylic oxidation sites excluding steroid dienone is 6. The second kappa shape index (κ2) is 7.36. The molecule has 0 saturated heterocycles. The van der Waals surface area contributed by atoms with Gasteiger partial charge in [-0.05, 0) is 0 Å². The van der Waals surface area contributed by atoms with Crippen molar-refractivity contribution in [2.45, 2.75) is 6.42 Å². The molecule has 3 heteroatoms. The first-order chi connectivity index (χ1) is 6.30. The van der Waals surface area contributed by atoms with Gasteiger partial charge in [-0.1, -0.05) is 0 Å². The third kappa shape index (κ3) is 4.85. The molecule has 0 aromatic carbocycles. The second-order valence-corrected chi connectivity index (χ2v) is 2.54. The Morgan fingerprint density at radius 2 is 2.14 bits per heavy atom. The zero-order valence-electron chi connectivity index (χ0n) is 7.46. The Morgan fingerprint density at radius 1 is 1.36 bits per heavy atom. The molecule has 0 radical (unpaired) electrons. The average Bonchev–Trinajstić information content (AvgIpc) is 2.82. The molecule has 0 aromatic heterocycles. The standard InChI is InChI=1S/C6H5O2.C5H5.Fe/c7-6(8)5-3-1-2-4-5;1-2-4-5-3-1;/h1-3,5H,(H,7,8);1-3H,4H2;/q2*-1;+2. The van der Waals surface area contributed by atoms with Crippen molar-refractivity contribution >= 4 is 5.97 Å². The topological polar surface area (TPSA) is 37.3 Å². The Kier molecular flexibility index (Phi) is 6.81. The smallest absolute Gasteiger partial charge is 0.482 e. The predicted molar refractivity (Wildman–Crippen MR) is 49.6 cm³/mol. The molecule has 0 aromatic rings. The van der Waals surface area contributed by atoms with Crippen LogP contribution in [0.5, 0.6) is 0 Å². The number of carbonyl (C=O) groups is 1. The Hall–Kier alpha value is -1.05. The monoisotopic (exact) mass is 230 g/mol. The summed E-state index contributed by atoms with van der Waals surface area (Å²) in [6.45, 7) is 0. The molecule has 1 unspecified atom stereocenters. The number of hydrogen-bond acceptors (Lipinski definition) is 1. The van der Waals surface area contributed by atoms with Crippen LogP contribution < -0.4 is 0 Å². The molecule has 2 rings (SSSR count). The number of aliphatic carboxylic acids is 1. The van der Waals surface area contributed by atoms with Crippen LogP contribution in [0.1, 0.15) is 6.42 Å². The van der Waals surface area contributed by atoms with Gasteiger partial charge in [0.05, 0.1) is 0 Å². The summed E-state index contributed by atoms with van der Waals surface area (Å²) in [6.07, 6.45) is 17.5. The van der Waals surface area contributed by atoms with E-state index in [1.54, 1.807) is 18.2 Å². The summed E-state index contributed by atoms with van der Waals surface area (Å²) in [6, 6.07) is 0. The van der Waals surface area contributed by atoms with E-state index in [-0.39, 0.29) is 17.1 Å². The van der Waals surface area contributed by atoms with Crippen LogP contribution in [0.15, 0.2) is 36.5 Å². The van der Waals surface area contributed by atoms with Crippen molar-refractivity contribution in [3.63, 3.8) is 0 Å². The Bertz CT molecular complexity index is 266. The summed E-state index contributed by atoms with van der Waals surface area (Å²) in [5, 5.41) is 8.28. The number of carboxylic acids is 1. The molecule has 2 aliphatic rings. The molecule has 2 nitrogen and oxygen atoms in total. The molecule has 14 heavy (non-hydrogen) atoms. The fourth-order valence-electron chi connectivity index (χ4n) is 0.875. The minimum Gasteiger partial charge on any atom is -0.482 e. The Morgan fingerprint density at radius 3 is 2.36 bits per heavy atom. The van der Waals surface area contributed by atoms with E-state index in [1.807, 2.05) is 12.2 Å². The molecular weight excluding hydrogens is 220 g/mol. The average molecular weight is 230 g/mol. The molecule has 0 spiro atoms. The van der Waals surface area contributed by atoms with Crippen LogP contribution in [0, 0.1) is 18.1 Å². The van der Waals surface area contributed by atoms with Gasteiger partial charge in [-0.3, -0.25) is 16.9 Å². The minimum atomic E-state index is -0.838. The molecule has 0 fully saturated rings. The summed E-state index contributed by atoms with van der Waals surface area (Å²) in [5.74, 6) is -1.34. The van der Waals surface area contributed by atoms with Crippen molar-refractivity contribution in [2.75, 3.05) is 0 Å². The maximum atomic E-state index is 10.1. The first-order valence-electron chi connectivity index (χ1n) is 4.01. The van der Waals surface area contributed by atoms with E-state index in [9.17, 15) is 4.79 Å². The summed E-state index contributed by atoms with van der Waals surface area (Å²) < 4.78 is 0. The second-order valence-electron chi connectivity index (χ2n) is 2.54. The van der Waals surface area contributed by atoms with Crippen LogP contribution in [0.2, 0.25) is 0 Å². The summed E-state index contributed by atoms with van der Waals surface area (Å²) in [5.41, 5.74) is 0. The SMILES string of the molecule is O=C(O)C1[C-]=CC=C1.[C-]1=CC=CC1.[Fe+2]. The van der Waals surface area contributed by atoms with Crippen LogP contribution in [0.3, 0.4) is 0 Å². The third-order valence-corrected chi connectivity index (χ3v) is 1.53. The normalized spacial score (nSPS) is 20.1. The third-order valence-electron chi connectivity index (χ3n) is 1.53. The first-order valence-corrected chi connectivity index (χ1v) is 4.01. The molecule has 0 amide bonds. The summed E-state index contributed by atoms with van der Waals surface area (Å²) in [4.78, 5) is 10.1. The number of rotatable bonds is 1. The van der Waals surface area contributed by atoms with Gasteiger partial charge in [0.25, 0.3) is 5.97 Å². The molecule has 1 N–H and O–H groups in total. The van der Waals surface area contributed by atoms with Gasteiger partial charge < -0.3 is 5.11 Å². The van der Waals surface area contributed by atoms with Crippen molar-refractivity contribution in [1.82, 2.24) is 0 Å². The van der Waals surface area contributed by atoms with E-state index in [1.165, 1.54) is 0 Å². The van der Waals surface area contributed by atoms with Crippen LogP contribution in [-0.2, 0) is 21.9 Å². The maximum absolute atomic E-state index is 10.1. The van der Waals surface area contributed by atoms with E-state index < -0.39 is 11.9 Å². The molecular formula is C11H10FeO2. The van der Waals surface area contributed by atoms with Gasteiger partial charge in [-0.2, -0.15) is 12.2 Å². The predicted octanol–water partition coefficient (Wildman–Crippen LogP) is 1.92. The van der Waals surface area contributed by atoms with Gasteiger partial charge in [0.15, 0.2) is 0 Å². The zero-order valence-corrected chi connectivity index (χ0v) is 8.56. The molecule has 74 valence electrons. The molecule has 0 bridgehead atoms. The van der Waals surface area contributed by atoms with Crippen molar-refractivity contribution in [1.29, 1.82) is 0 Å². The molecule has 0 heterocycles. The van der Waals surface area contributed by atoms with E-state index >= 15 is 0 Å². The fraction of sp³-hybridized carbons (Fsp3) is 0.182. The Labute approximate surface area is 94.2 Å². The number of hydrogen-bond donors (Lipinski definition) is 1. The van der Waals surface area contributed by atoms with Crippen molar-refractivity contribution < 1.29 is 27.0 Å². The van der Waals surface area contributed by atoms with E-state index in [0.29, 0.717) is 0 Å².